The third-order valence-electron chi connectivity index (χ3n) is 5.76. The number of halogens is 1. The van der Waals surface area contributed by atoms with Crippen LogP contribution in [0.25, 0.3) is 0 Å². The molecule has 2 amide bonds. The highest BCUT2D eigenvalue weighted by molar-refractivity contribution is 5.79. The van der Waals surface area contributed by atoms with Gasteiger partial charge in [-0.2, -0.15) is 0 Å². The van der Waals surface area contributed by atoms with Gasteiger partial charge < -0.3 is 19.3 Å². The summed E-state index contributed by atoms with van der Waals surface area (Å²) in [7, 11) is 1.80. The van der Waals surface area contributed by atoms with Gasteiger partial charge in [0.15, 0.2) is 18.2 Å². The molecule has 3 saturated heterocycles. The minimum atomic E-state index is -0.468. The molecule has 7 heteroatoms. The van der Waals surface area contributed by atoms with Crippen molar-refractivity contribution in [3.63, 3.8) is 0 Å². The number of piperidine rings is 1. The molecule has 0 aromatic heterocycles. The molecule has 2 atom stereocenters. The Morgan fingerprint density at radius 1 is 1.31 bits per heavy atom. The van der Waals surface area contributed by atoms with Crippen LogP contribution in [0.5, 0.6) is 5.75 Å². The van der Waals surface area contributed by atoms with E-state index in [-0.39, 0.29) is 48.5 Å². The zero-order valence-corrected chi connectivity index (χ0v) is 14.8. The van der Waals surface area contributed by atoms with Gasteiger partial charge in [-0.3, -0.25) is 9.59 Å². The van der Waals surface area contributed by atoms with Crippen LogP contribution in [0.2, 0.25) is 0 Å². The highest BCUT2D eigenvalue weighted by atomic mass is 19.1. The summed E-state index contributed by atoms with van der Waals surface area (Å²) in [6.45, 7) is 0.521. The van der Waals surface area contributed by atoms with Gasteiger partial charge in [0.05, 0.1) is 5.60 Å². The van der Waals surface area contributed by atoms with Crippen molar-refractivity contribution < 1.29 is 23.5 Å². The minimum Gasteiger partial charge on any atom is -0.481 e. The Labute approximate surface area is 151 Å². The van der Waals surface area contributed by atoms with Crippen molar-refractivity contribution in [2.24, 2.45) is 0 Å². The van der Waals surface area contributed by atoms with E-state index in [1.807, 2.05) is 4.90 Å². The van der Waals surface area contributed by atoms with E-state index in [2.05, 4.69) is 0 Å². The van der Waals surface area contributed by atoms with E-state index in [0.29, 0.717) is 6.54 Å². The fourth-order valence-electron chi connectivity index (χ4n) is 4.63. The first-order chi connectivity index (χ1) is 12.5. The third-order valence-corrected chi connectivity index (χ3v) is 5.76. The first-order valence-electron chi connectivity index (χ1n) is 9.04. The third kappa shape index (κ3) is 3.05. The number of carbonyl (C=O) groups is 2. The van der Waals surface area contributed by atoms with E-state index < -0.39 is 5.82 Å². The second-order valence-electron chi connectivity index (χ2n) is 7.53. The van der Waals surface area contributed by atoms with Crippen molar-refractivity contribution in [3.05, 3.63) is 30.1 Å². The predicted octanol–water partition coefficient (Wildman–Crippen LogP) is 1.59. The number of ether oxygens (including phenoxy) is 2. The topological polar surface area (TPSA) is 59.1 Å². The van der Waals surface area contributed by atoms with Gasteiger partial charge in [0.1, 0.15) is 6.61 Å². The van der Waals surface area contributed by atoms with Gasteiger partial charge >= 0.3 is 0 Å². The summed E-state index contributed by atoms with van der Waals surface area (Å²) in [5.74, 6) is -0.489. The standard InChI is InChI=1S/C19H23FN2O4/c1-21-12-19(26-11-17(21)23)8-13-6-7-14(9-19)22(13)18(24)10-25-16-5-3-2-4-15(16)20/h2-5,13-14H,6-12H2,1H3. The fraction of sp³-hybridized carbons (Fsp3) is 0.579. The first kappa shape index (κ1) is 17.3. The Morgan fingerprint density at radius 3 is 2.65 bits per heavy atom. The number of rotatable bonds is 3. The van der Waals surface area contributed by atoms with Crippen LogP contribution in [0.4, 0.5) is 4.39 Å². The van der Waals surface area contributed by atoms with Crippen LogP contribution in [-0.4, -0.2) is 66.1 Å². The van der Waals surface area contributed by atoms with Gasteiger partial charge in [-0.15, -0.1) is 0 Å². The number of hydrogen-bond acceptors (Lipinski definition) is 4. The molecule has 0 radical (unpaired) electrons. The van der Waals surface area contributed by atoms with Gasteiger partial charge in [0.2, 0.25) is 5.91 Å². The summed E-state index contributed by atoms with van der Waals surface area (Å²) in [6.07, 6.45) is 3.32. The van der Waals surface area contributed by atoms with Crippen molar-refractivity contribution >= 4 is 11.8 Å². The molecule has 2 unspecified atom stereocenters. The van der Waals surface area contributed by atoms with E-state index >= 15 is 0 Å². The van der Waals surface area contributed by atoms with Crippen molar-refractivity contribution in [1.82, 2.24) is 9.80 Å². The van der Waals surface area contributed by atoms with Crippen molar-refractivity contribution in [2.75, 3.05) is 26.8 Å². The van der Waals surface area contributed by atoms with Gasteiger partial charge in [-0.25, -0.2) is 4.39 Å². The quantitative estimate of drug-likeness (QED) is 0.819. The van der Waals surface area contributed by atoms with Crippen LogP contribution in [-0.2, 0) is 14.3 Å². The zero-order valence-electron chi connectivity index (χ0n) is 14.8. The van der Waals surface area contributed by atoms with Crippen LogP contribution < -0.4 is 4.74 Å². The highest BCUT2D eigenvalue weighted by Gasteiger charge is 2.52. The summed E-state index contributed by atoms with van der Waals surface area (Å²) < 4.78 is 25.0. The maximum atomic E-state index is 13.7. The summed E-state index contributed by atoms with van der Waals surface area (Å²) in [5, 5.41) is 0. The Bertz CT molecular complexity index is 711. The Hall–Kier alpha value is -2.15. The number of hydrogen-bond donors (Lipinski definition) is 0. The lowest BCUT2D eigenvalue weighted by molar-refractivity contribution is -0.177. The molecule has 0 saturated carbocycles. The Balaban J connectivity index is 1.41. The lowest BCUT2D eigenvalue weighted by atomic mass is 9.84. The van der Waals surface area contributed by atoms with E-state index in [9.17, 15) is 14.0 Å². The lowest BCUT2D eigenvalue weighted by Gasteiger charge is -2.49. The normalized spacial score (nSPS) is 30.8. The van der Waals surface area contributed by atoms with Crippen molar-refractivity contribution in [2.45, 2.75) is 43.4 Å². The van der Waals surface area contributed by atoms with E-state index in [1.165, 1.54) is 12.1 Å². The number of fused-ring (bicyclic) bond motifs is 2. The summed E-state index contributed by atoms with van der Waals surface area (Å²) >= 11 is 0. The van der Waals surface area contributed by atoms with E-state index in [1.54, 1.807) is 24.1 Å². The molecule has 0 aliphatic carbocycles. The highest BCUT2D eigenvalue weighted by Crippen LogP contribution is 2.44. The molecular weight excluding hydrogens is 339 g/mol. The average molecular weight is 362 g/mol. The van der Waals surface area contributed by atoms with Gasteiger partial charge in [-0.05, 0) is 37.8 Å². The van der Waals surface area contributed by atoms with E-state index in [0.717, 1.165) is 25.7 Å². The molecule has 3 aliphatic heterocycles. The maximum Gasteiger partial charge on any atom is 0.261 e. The second kappa shape index (κ2) is 6.54. The molecule has 3 aliphatic rings. The number of nitrogens with zero attached hydrogens (tertiary/aromatic N) is 2. The fourth-order valence-corrected chi connectivity index (χ4v) is 4.63. The number of morpholine rings is 1. The molecule has 6 nitrogen and oxygen atoms in total. The maximum absolute atomic E-state index is 13.7. The minimum absolute atomic E-state index is 0.000217. The number of benzene rings is 1. The molecule has 3 fully saturated rings. The van der Waals surface area contributed by atoms with Gasteiger partial charge in [0.25, 0.3) is 5.91 Å². The summed E-state index contributed by atoms with van der Waals surface area (Å²) in [5.41, 5.74) is -0.350. The molecule has 2 bridgehead atoms. The molecule has 0 N–H and O–H groups in total. The van der Waals surface area contributed by atoms with Gasteiger partial charge in [-0.1, -0.05) is 12.1 Å². The Kier molecular flexibility index (Phi) is 4.34. The van der Waals surface area contributed by atoms with E-state index in [4.69, 9.17) is 9.47 Å². The van der Waals surface area contributed by atoms with Crippen LogP contribution in [0.15, 0.2) is 24.3 Å². The lowest BCUT2D eigenvalue weighted by Crippen LogP contribution is -2.61. The number of amides is 2. The molecular formula is C19H23FN2O4. The predicted molar refractivity (Wildman–Crippen MR) is 91.1 cm³/mol. The second-order valence-corrected chi connectivity index (χ2v) is 7.53. The largest absolute Gasteiger partial charge is 0.481 e. The molecule has 3 heterocycles. The van der Waals surface area contributed by atoms with Gasteiger partial charge in [0, 0.05) is 25.7 Å². The van der Waals surface area contributed by atoms with Crippen molar-refractivity contribution in [1.29, 1.82) is 0 Å². The van der Waals surface area contributed by atoms with Crippen LogP contribution in [0.1, 0.15) is 25.7 Å². The number of para-hydroxylation sites is 1. The van der Waals surface area contributed by atoms with Crippen molar-refractivity contribution in [3.8, 4) is 5.75 Å². The molecule has 1 aromatic rings. The molecule has 26 heavy (non-hydrogen) atoms. The monoisotopic (exact) mass is 362 g/mol. The summed E-state index contributed by atoms with van der Waals surface area (Å²) in [4.78, 5) is 28.0. The van der Waals surface area contributed by atoms with Crippen LogP contribution in [0, 0.1) is 5.82 Å². The molecule has 1 aromatic carbocycles. The summed E-state index contributed by atoms with van der Waals surface area (Å²) in [6, 6.07) is 6.27. The first-order valence-corrected chi connectivity index (χ1v) is 9.04. The molecule has 1 spiro atoms. The Morgan fingerprint density at radius 2 is 2.00 bits per heavy atom. The van der Waals surface area contributed by atoms with Crippen LogP contribution >= 0.6 is 0 Å². The smallest absolute Gasteiger partial charge is 0.261 e. The SMILES string of the molecule is CN1CC2(CC3CCC(C2)N3C(=O)COc2ccccc2F)OCC1=O. The number of carbonyl (C=O) groups excluding carboxylic acids is 2. The molecule has 4 rings (SSSR count). The molecule has 140 valence electrons. The van der Waals surface area contributed by atoms with Crippen LogP contribution in [0.3, 0.4) is 0 Å². The average Bonchev–Trinajstić information content (AvgIpc) is 2.90. The number of likely N-dealkylation sites (N-methyl/N-ethyl adjacent to an activating group) is 1. The zero-order chi connectivity index (χ0) is 18.3.